The van der Waals surface area contributed by atoms with E-state index in [9.17, 15) is 9.59 Å². The van der Waals surface area contributed by atoms with Crippen LogP contribution in [0.15, 0.2) is 24.3 Å². The molecule has 1 aliphatic rings. The van der Waals surface area contributed by atoms with E-state index in [1.807, 2.05) is 45.0 Å². The topological polar surface area (TPSA) is 70.2 Å². The van der Waals surface area contributed by atoms with Crippen LogP contribution in [0.4, 0.5) is 5.69 Å². The molecule has 1 heterocycles. The van der Waals surface area contributed by atoms with Gasteiger partial charge in [0.2, 0.25) is 11.8 Å². The SMILES string of the molecule is CC(C)(C)NC(=O)CCNC(=O)[C@@H]1Cc2ccccc2N1. The lowest BCUT2D eigenvalue weighted by atomic mass is 10.1. The van der Waals surface area contributed by atoms with Crippen molar-refractivity contribution in [1.29, 1.82) is 0 Å². The second kappa shape index (κ2) is 6.16. The Labute approximate surface area is 125 Å². The van der Waals surface area contributed by atoms with E-state index in [0.717, 1.165) is 11.3 Å². The quantitative estimate of drug-likeness (QED) is 0.785. The average Bonchev–Trinajstić information content (AvgIpc) is 2.80. The average molecular weight is 289 g/mol. The first-order chi connectivity index (χ1) is 9.85. The second-order valence-corrected chi connectivity index (χ2v) is 6.40. The zero-order chi connectivity index (χ0) is 15.5. The molecule has 0 fully saturated rings. The summed E-state index contributed by atoms with van der Waals surface area (Å²) in [5, 5.41) is 8.88. The highest BCUT2D eigenvalue weighted by Crippen LogP contribution is 2.24. The van der Waals surface area contributed by atoms with Crippen LogP contribution in [0.5, 0.6) is 0 Å². The maximum Gasteiger partial charge on any atom is 0.242 e. The van der Waals surface area contributed by atoms with Crippen molar-refractivity contribution in [2.45, 2.75) is 45.2 Å². The van der Waals surface area contributed by atoms with E-state index in [2.05, 4.69) is 16.0 Å². The molecule has 21 heavy (non-hydrogen) atoms. The number of amides is 2. The lowest BCUT2D eigenvalue weighted by Gasteiger charge is -2.20. The molecule has 0 bridgehead atoms. The number of nitrogens with one attached hydrogen (secondary N) is 3. The van der Waals surface area contributed by atoms with Gasteiger partial charge in [0.25, 0.3) is 0 Å². The van der Waals surface area contributed by atoms with E-state index in [1.54, 1.807) is 0 Å². The summed E-state index contributed by atoms with van der Waals surface area (Å²) < 4.78 is 0. The molecule has 0 saturated carbocycles. The first kappa shape index (κ1) is 15.4. The third kappa shape index (κ3) is 4.48. The minimum Gasteiger partial charge on any atom is -0.373 e. The Morgan fingerprint density at radius 3 is 2.67 bits per heavy atom. The van der Waals surface area contributed by atoms with Gasteiger partial charge in [0.1, 0.15) is 6.04 Å². The molecule has 5 heteroatoms. The fourth-order valence-corrected chi connectivity index (χ4v) is 2.36. The zero-order valence-electron chi connectivity index (χ0n) is 12.8. The number of para-hydroxylation sites is 1. The number of carbonyl (C=O) groups excluding carboxylic acids is 2. The number of anilines is 1. The van der Waals surface area contributed by atoms with Crippen molar-refractivity contribution in [3.8, 4) is 0 Å². The monoisotopic (exact) mass is 289 g/mol. The summed E-state index contributed by atoms with van der Waals surface area (Å²) in [6, 6.07) is 7.67. The summed E-state index contributed by atoms with van der Waals surface area (Å²) >= 11 is 0. The van der Waals surface area contributed by atoms with Crippen LogP contribution in [0.2, 0.25) is 0 Å². The predicted molar refractivity (Wildman–Crippen MR) is 83.1 cm³/mol. The second-order valence-electron chi connectivity index (χ2n) is 6.40. The molecule has 0 aromatic heterocycles. The van der Waals surface area contributed by atoms with Gasteiger partial charge in [0, 0.05) is 30.6 Å². The van der Waals surface area contributed by atoms with Gasteiger partial charge in [-0.1, -0.05) is 18.2 Å². The van der Waals surface area contributed by atoms with Gasteiger partial charge < -0.3 is 16.0 Å². The van der Waals surface area contributed by atoms with E-state index >= 15 is 0 Å². The highest BCUT2D eigenvalue weighted by molar-refractivity contribution is 5.87. The third-order valence-electron chi connectivity index (χ3n) is 3.25. The molecule has 114 valence electrons. The van der Waals surface area contributed by atoms with Crippen LogP contribution < -0.4 is 16.0 Å². The number of benzene rings is 1. The Morgan fingerprint density at radius 1 is 1.29 bits per heavy atom. The summed E-state index contributed by atoms with van der Waals surface area (Å²) in [7, 11) is 0. The maximum atomic E-state index is 12.1. The first-order valence-corrected chi connectivity index (χ1v) is 7.28. The number of fused-ring (bicyclic) bond motifs is 1. The lowest BCUT2D eigenvalue weighted by Crippen LogP contribution is -2.43. The van der Waals surface area contributed by atoms with E-state index < -0.39 is 0 Å². The maximum absolute atomic E-state index is 12.1. The minimum absolute atomic E-state index is 0.0505. The van der Waals surface area contributed by atoms with E-state index in [1.165, 1.54) is 0 Å². The van der Waals surface area contributed by atoms with Crippen molar-refractivity contribution in [2.24, 2.45) is 0 Å². The fraction of sp³-hybridized carbons (Fsp3) is 0.500. The number of carbonyl (C=O) groups is 2. The number of hydrogen-bond donors (Lipinski definition) is 3. The van der Waals surface area contributed by atoms with Crippen LogP contribution in [0.1, 0.15) is 32.8 Å². The number of rotatable bonds is 4. The van der Waals surface area contributed by atoms with Crippen LogP contribution >= 0.6 is 0 Å². The fourth-order valence-electron chi connectivity index (χ4n) is 2.36. The van der Waals surface area contributed by atoms with Crippen LogP contribution in [-0.4, -0.2) is 29.9 Å². The summed E-state index contributed by atoms with van der Waals surface area (Å²) in [5.41, 5.74) is 1.93. The Kier molecular flexibility index (Phi) is 4.50. The van der Waals surface area contributed by atoms with Gasteiger partial charge in [-0.25, -0.2) is 0 Å². The Balaban J connectivity index is 1.73. The smallest absolute Gasteiger partial charge is 0.242 e. The van der Waals surface area contributed by atoms with Crippen LogP contribution in [0.25, 0.3) is 0 Å². The molecular weight excluding hydrogens is 266 g/mol. The van der Waals surface area contributed by atoms with Crippen LogP contribution in [0.3, 0.4) is 0 Å². The summed E-state index contributed by atoms with van der Waals surface area (Å²) in [4.78, 5) is 23.7. The molecular formula is C16H23N3O2. The van der Waals surface area contributed by atoms with Crippen molar-refractivity contribution in [1.82, 2.24) is 10.6 Å². The summed E-state index contributed by atoms with van der Waals surface area (Å²) in [5.74, 6) is -0.111. The molecule has 0 unspecified atom stereocenters. The standard InChI is InChI=1S/C16H23N3O2/c1-16(2,3)19-14(20)8-9-17-15(21)13-10-11-6-4-5-7-12(11)18-13/h4-7,13,18H,8-10H2,1-3H3,(H,17,21)(H,19,20)/t13-/m0/s1. The van der Waals surface area contributed by atoms with Gasteiger partial charge >= 0.3 is 0 Å². The van der Waals surface area contributed by atoms with E-state index in [4.69, 9.17) is 0 Å². The van der Waals surface area contributed by atoms with Gasteiger partial charge in [-0.2, -0.15) is 0 Å². The molecule has 1 aromatic carbocycles. The van der Waals surface area contributed by atoms with Crippen molar-refractivity contribution in [3.05, 3.63) is 29.8 Å². The van der Waals surface area contributed by atoms with E-state index in [0.29, 0.717) is 19.4 Å². The Morgan fingerprint density at radius 2 is 2.00 bits per heavy atom. The minimum atomic E-state index is -0.243. The lowest BCUT2D eigenvalue weighted by molar-refractivity contribution is -0.123. The first-order valence-electron chi connectivity index (χ1n) is 7.28. The zero-order valence-corrected chi connectivity index (χ0v) is 12.8. The van der Waals surface area contributed by atoms with Crippen LogP contribution in [-0.2, 0) is 16.0 Å². The van der Waals surface area contributed by atoms with Crippen molar-refractivity contribution >= 4 is 17.5 Å². The normalized spacial score (nSPS) is 16.8. The molecule has 3 N–H and O–H groups in total. The molecule has 1 aliphatic heterocycles. The molecule has 2 amide bonds. The van der Waals surface area contributed by atoms with Crippen molar-refractivity contribution in [3.63, 3.8) is 0 Å². The molecule has 5 nitrogen and oxygen atoms in total. The van der Waals surface area contributed by atoms with Gasteiger partial charge in [-0.05, 0) is 32.4 Å². The molecule has 0 saturated heterocycles. The molecule has 2 rings (SSSR count). The van der Waals surface area contributed by atoms with Crippen LogP contribution in [0, 0.1) is 0 Å². The third-order valence-corrected chi connectivity index (χ3v) is 3.25. The largest absolute Gasteiger partial charge is 0.373 e. The molecule has 1 atom stereocenters. The Hall–Kier alpha value is -2.04. The highest BCUT2D eigenvalue weighted by atomic mass is 16.2. The van der Waals surface area contributed by atoms with Gasteiger partial charge in [0.15, 0.2) is 0 Å². The summed E-state index contributed by atoms with van der Waals surface area (Å²) in [6.07, 6.45) is 0.985. The van der Waals surface area contributed by atoms with Gasteiger partial charge in [-0.15, -0.1) is 0 Å². The van der Waals surface area contributed by atoms with Crippen molar-refractivity contribution < 1.29 is 9.59 Å². The Bertz CT molecular complexity index is 510. The van der Waals surface area contributed by atoms with Crippen molar-refractivity contribution in [2.75, 3.05) is 11.9 Å². The molecule has 0 radical (unpaired) electrons. The predicted octanol–water partition coefficient (Wildman–Crippen LogP) is 1.44. The molecule has 0 spiro atoms. The highest BCUT2D eigenvalue weighted by Gasteiger charge is 2.26. The van der Waals surface area contributed by atoms with Gasteiger partial charge in [-0.3, -0.25) is 9.59 Å². The molecule has 1 aromatic rings. The molecule has 0 aliphatic carbocycles. The summed E-state index contributed by atoms with van der Waals surface area (Å²) in [6.45, 7) is 6.16. The van der Waals surface area contributed by atoms with E-state index in [-0.39, 0.29) is 23.4 Å². The van der Waals surface area contributed by atoms with Gasteiger partial charge in [0.05, 0.1) is 0 Å². The number of hydrogen-bond acceptors (Lipinski definition) is 3.